The standard InChI is InChI=1S/C24H27N5O5S/c1-15-8-6-9-16(2)21(15)28-35(32,33)20-13-19(14-25-23(20)34-5)26-22(30)17-10-7-11-18(12-17)27-24(31)29(3)4/h6-14,28H,1-5H3,(H,26,30)(H,27,31). The van der Waals surface area contributed by atoms with E-state index in [-0.39, 0.29) is 28.1 Å². The van der Waals surface area contributed by atoms with E-state index in [4.69, 9.17) is 4.74 Å². The first-order chi connectivity index (χ1) is 16.5. The number of rotatable bonds is 7. The van der Waals surface area contributed by atoms with Gasteiger partial charge in [-0.05, 0) is 49.2 Å². The third kappa shape index (κ3) is 6.07. The Morgan fingerprint density at radius 1 is 0.943 bits per heavy atom. The third-order valence-electron chi connectivity index (χ3n) is 5.06. The number of ether oxygens (including phenoxy) is 1. The van der Waals surface area contributed by atoms with E-state index >= 15 is 0 Å². The molecule has 2 aromatic carbocycles. The van der Waals surface area contributed by atoms with Crippen molar-refractivity contribution >= 4 is 39.0 Å². The van der Waals surface area contributed by atoms with Crippen LogP contribution in [0.5, 0.6) is 5.88 Å². The largest absolute Gasteiger partial charge is 0.480 e. The molecule has 3 N–H and O–H groups in total. The van der Waals surface area contributed by atoms with Crippen molar-refractivity contribution in [3.05, 3.63) is 71.4 Å². The molecule has 3 rings (SSSR count). The van der Waals surface area contributed by atoms with Crippen molar-refractivity contribution in [1.29, 1.82) is 0 Å². The Morgan fingerprint density at radius 3 is 2.23 bits per heavy atom. The molecule has 1 aromatic heterocycles. The summed E-state index contributed by atoms with van der Waals surface area (Å²) in [6.45, 7) is 3.60. The van der Waals surface area contributed by atoms with Gasteiger partial charge in [-0.3, -0.25) is 9.52 Å². The lowest BCUT2D eigenvalue weighted by Crippen LogP contribution is -2.27. The van der Waals surface area contributed by atoms with Crippen LogP contribution in [0.4, 0.5) is 21.9 Å². The fourth-order valence-electron chi connectivity index (χ4n) is 3.19. The molecule has 184 valence electrons. The first kappa shape index (κ1) is 25.5. The van der Waals surface area contributed by atoms with Gasteiger partial charge in [0.1, 0.15) is 0 Å². The second-order valence-corrected chi connectivity index (χ2v) is 9.61. The Labute approximate surface area is 204 Å². The van der Waals surface area contributed by atoms with E-state index in [0.717, 1.165) is 11.1 Å². The summed E-state index contributed by atoms with van der Waals surface area (Å²) in [5.74, 6) is -0.626. The minimum Gasteiger partial charge on any atom is -0.480 e. The number of nitrogens with one attached hydrogen (secondary N) is 3. The molecule has 3 amide bonds. The molecular formula is C24H27N5O5S. The summed E-state index contributed by atoms with van der Waals surface area (Å²) in [5.41, 5.74) is 2.82. The van der Waals surface area contributed by atoms with Gasteiger partial charge in [-0.1, -0.05) is 24.3 Å². The molecule has 11 heteroatoms. The van der Waals surface area contributed by atoms with Crippen LogP contribution in [0.25, 0.3) is 0 Å². The van der Waals surface area contributed by atoms with Crippen LogP contribution in [0, 0.1) is 13.8 Å². The Bertz CT molecular complexity index is 1350. The maximum Gasteiger partial charge on any atom is 0.321 e. The number of hydrogen-bond acceptors (Lipinski definition) is 6. The topological polar surface area (TPSA) is 130 Å². The number of urea groups is 1. The fourth-order valence-corrected chi connectivity index (χ4v) is 4.54. The second kappa shape index (κ2) is 10.4. The minimum atomic E-state index is -4.09. The zero-order valence-electron chi connectivity index (χ0n) is 20.0. The van der Waals surface area contributed by atoms with Crippen molar-refractivity contribution in [2.75, 3.05) is 36.6 Å². The van der Waals surface area contributed by atoms with Gasteiger partial charge in [0.2, 0.25) is 5.88 Å². The van der Waals surface area contributed by atoms with Gasteiger partial charge in [0.05, 0.1) is 24.7 Å². The summed E-state index contributed by atoms with van der Waals surface area (Å²) < 4.78 is 34.2. The van der Waals surface area contributed by atoms with E-state index in [0.29, 0.717) is 11.4 Å². The smallest absolute Gasteiger partial charge is 0.321 e. The van der Waals surface area contributed by atoms with Crippen LogP contribution in [0.1, 0.15) is 21.5 Å². The van der Waals surface area contributed by atoms with Crippen molar-refractivity contribution in [2.45, 2.75) is 18.7 Å². The molecule has 0 aliphatic heterocycles. The molecule has 0 saturated carbocycles. The molecule has 0 fully saturated rings. The van der Waals surface area contributed by atoms with Crippen LogP contribution in [0.15, 0.2) is 59.6 Å². The van der Waals surface area contributed by atoms with Gasteiger partial charge in [0.15, 0.2) is 4.90 Å². The summed E-state index contributed by atoms with van der Waals surface area (Å²) in [5, 5.41) is 5.31. The highest BCUT2D eigenvalue weighted by Gasteiger charge is 2.23. The zero-order valence-corrected chi connectivity index (χ0v) is 20.9. The summed E-state index contributed by atoms with van der Waals surface area (Å²) in [6.07, 6.45) is 1.30. The number of aromatic nitrogens is 1. The lowest BCUT2D eigenvalue weighted by Gasteiger charge is -2.16. The number of methoxy groups -OCH3 is 1. The van der Waals surface area contributed by atoms with E-state index in [1.54, 1.807) is 58.3 Å². The first-order valence-corrected chi connectivity index (χ1v) is 12.0. The molecule has 0 radical (unpaired) electrons. The van der Waals surface area contributed by atoms with Crippen molar-refractivity contribution in [1.82, 2.24) is 9.88 Å². The highest BCUT2D eigenvalue weighted by molar-refractivity contribution is 7.92. The van der Waals surface area contributed by atoms with Crippen LogP contribution in [-0.2, 0) is 10.0 Å². The third-order valence-corrected chi connectivity index (χ3v) is 6.40. The highest BCUT2D eigenvalue weighted by Crippen LogP contribution is 2.29. The number of sulfonamides is 1. The van der Waals surface area contributed by atoms with Gasteiger partial charge in [0, 0.05) is 25.3 Å². The quantitative estimate of drug-likeness (QED) is 0.455. The number of para-hydroxylation sites is 1. The Morgan fingerprint density at radius 2 is 1.60 bits per heavy atom. The number of benzene rings is 2. The molecule has 0 bridgehead atoms. The average Bonchev–Trinajstić information content (AvgIpc) is 2.81. The number of carbonyl (C=O) groups is 2. The number of amides is 3. The molecule has 3 aromatic rings. The molecule has 0 aliphatic carbocycles. The second-order valence-electron chi connectivity index (χ2n) is 7.96. The summed E-state index contributed by atoms with van der Waals surface area (Å²) in [7, 11) is 0.420. The van der Waals surface area contributed by atoms with E-state index in [2.05, 4.69) is 20.3 Å². The molecule has 0 atom stereocenters. The molecule has 0 aliphatic rings. The number of hydrogen-bond donors (Lipinski definition) is 3. The van der Waals surface area contributed by atoms with Gasteiger partial charge in [-0.25, -0.2) is 18.2 Å². The minimum absolute atomic E-state index is 0.116. The van der Waals surface area contributed by atoms with Gasteiger partial charge in [0.25, 0.3) is 15.9 Å². The van der Waals surface area contributed by atoms with Gasteiger partial charge in [-0.15, -0.1) is 0 Å². The maximum atomic E-state index is 13.2. The molecule has 0 unspecified atom stereocenters. The molecule has 1 heterocycles. The molecular weight excluding hydrogens is 470 g/mol. The number of pyridine rings is 1. The van der Waals surface area contributed by atoms with E-state index in [1.807, 2.05) is 6.07 Å². The Hall–Kier alpha value is -4.12. The van der Waals surface area contributed by atoms with E-state index in [9.17, 15) is 18.0 Å². The van der Waals surface area contributed by atoms with Gasteiger partial charge in [-0.2, -0.15) is 0 Å². The van der Waals surface area contributed by atoms with Crippen LogP contribution in [-0.4, -0.2) is 51.4 Å². The molecule has 35 heavy (non-hydrogen) atoms. The highest BCUT2D eigenvalue weighted by atomic mass is 32.2. The molecule has 0 spiro atoms. The zero-order chi connectivity index (χ0) is 25.8. The monoisotopic (exact) mass is 497 g/mol. The maximum absolute atomic E-state index is 13.2. The lowest BCUT2D eigenvalue weighted by atomic mass is 10.1. The van der Waals surface area contributed by atoms with Gasteiger partial charge >= 0.3 is 6.03 Å². The number of aryl methyl sites for hydroxylation is 2. The van der Waals surface area contributed by atoms with E-state index in [1.165, 1.54) is 30.3 Å². The fraction of sp³-hybridized carbons (Fsp3) is 0.208. The first-order valence-electron chi connectivity index (χ1n) is 10.5. The van der Waals surface area contributed by atoms with Gasteiger partial charge < -0.3 is 20.3 Å². The predicted octanol–water partition coefficient (Wildman–Crippen LogP) is 3.85. The normalized spacial score (nSPS) is 10.9. The Kier molecular flexibility index (Phi) is 7.60. The van der Waals surface area contributed by atoms with Crippen LogP contribution >= 0.6 is 0 Å². The van der Waals surface area contributed by atoms with Crippen LogP contribution < -0.4 is 20.1 Å². The molecule has 0 saturated heterocycles. The number of carbonyl (C=O) groups excluding carboxylic acids is 2. The summed E-state index contributed by atoms with van der Waals surface area (Å²) in [6, 6.07) is 12.7. The van der Waals surface area contributed by atoms with Crippen molar-refractivity contribution < 1.29 is 22.7 Å². The molecule has 10 nitrogen and oxygen atoms in total. The predicted molar refractivity (Wildman–Crippen MR) is 135 cm³/mol. The SMILES string of the molecule is COc1ncc(NC(=O)c2cccc(NC(=O)N(C)C)c2)cc1S(=O)(=O)Nc1c(C)cccc1C. The van der Waals surface area contributed by atoms with Crippen molar-refractivity contribution in [2.24, 2.45) is 0 Å². The van der Waals surface area contributed by atoms with Crippen molar-refractivity contribution in [3.63, 3.8) is 0 Å². The Balaban J connectivity index is 1.88. The number of nitrogens with zero attached hydrogens (tertiary/aromatic N) is 2. The van der Waals surface area contributed by atoms with Crippen molar-refractivity contribution in [3.8, 4) is 5.88 Å². The van der Waals surface area contributed by atoms with Crippen LogP contribution in [0.3, 0.4) is 0 Å². The number of anilines is 3. The summed E-state index contributed by atoms with van der Waals surface area (Å²) in [4.78, 5) is 29.9. The van der Waals surface area contributed by atoms with Crippen LogP contribution in [0.2, 0.25) is 0 Å². The summed E-state index contributed by atoms with van der Waals surface area (Å²) >= 11 is 0. The van der Waals surface area contributed by atoms with E-state index < -0.39 is 15.9 Å². The lowest BCUT2D eigenvalue weighted by molar-refractivity contribution is 0.102. The average molecular weight is 498 g/mol.